The minimum absolute atomic E-state index is 0.0175. The quantitative estimate of drug-likeness (QED) is 0.450. The van der Waals surface area contributed by atoms with Crippen molar-refractivity contribution in [2.45, 2.75) is 31.0 Å². The third-order valence-electron chi connectivity index (χ3n) is 5.40. The van der Waals surface area contributed by atoms with E-state index in [4.69, 9.17) is 4.74 Å². The van der Waals surface area contributed by atoms with Crippen LogP contribution in [0.2, 0.25) is 0 Å². The number of para-hydroxylation sites is 1. The second kappa shape index (κ2) is 9.53. The SMILES string of the molecule is COc1ccc2c(c1)CCCN2C(=O)CSc1nc2ccccc2c(=O)n1CCCO. The first-order chi connectivity index (χ1) is 15.1. The van der Waals surface area contributed by atoms with Crippen molar-refractivity contribution in [3.8, 4) is 5.75 Å². The Morgan fingerprint density at radius 3 is 2.90 bits per heavy atom. The molecule has 4 rings (SSSR count). The van der Waals surface area contributed by atoms with Crippen LogP contribution in [0.15, 0.2) is 52.4 Å². The van der Waals surface area contributed by atoms with E-state index in [1.807, 2.05) is 29.2 Å². The zero-order valence-electron chi connectivity index (χ0n) is 17.4. The predicted molar refractivity (Wildman–Crippen MR) is 122 cm³/mol. The van der Waals surface area contributed by atoms with Gasteiger partial charge in [-0.05, 0) is 55.2 Å². The highest BCUT2D eigenvalue weighted by atomic mass is 32.2. The summed E-state index contributed by atoms with van der Waals surface area (Å²) in [7, 11) is 1.64. The first-order valence-corrected chi connectivity index (χ1v) is 11.3. The van der Waals surface area contributed by atoms with Gasteiger partial charge in [0.2, 0.25) is 5.91 Å². The van der Waals surface area contributed by atoms with E-state index in [0.29, 0.717) is 35.6 Å². The van der Waals surface area contributed by atoms with Crippen LogP contribution in [0.3, 0.4) is 0 Å². The van der Waals surface area contributed by atoms with Crippen LogP contribution in [0.25, 0.3) is 10.9 Å². The molecule has 1 amide bonds. The number of anilines is 1. The van der Waals surface area contributed by atoms with Gasteiger partial charge in [-0.1, -0.05) is 23.9 Å². The molecule has 3 aromatic rings. The zero-order valence-corrected chi connectivity index (χ0v) is 18.2. The van der Waals surface area contributed by atoms with Gasteiger partial charge in [-0.25, -0.2) is 4.98 Å². The van der Waals surface area contributed by atoms with Gasteiger partial charge in [-0.15, -0.1) is 0 Å². The lowest BCUT2D eigenvalue weighted by molar-refractivity contribution is -0.116. The van der Waals surface area contributed by atoms with Gasteiger partial charge in [0.15, 0.2) is 5.16 Å². The molecule has 0 spiro atoms. The van der Waals surface area contributed by atoms with E-state index < -0.39 is 0 Å². The highest BCUT2D eigenvalue weighted by molar-refractivity contribution is 7.99. The Bertz CT molecular complexity index is 1160. The molecule has 1 aliphatic rings. The van der Waals surface area contributed by atoms with E-state index in [1.54, 1.807) is 29.9 Å². The van der Waals surface area contributed by atoms with E-state index in [0.717, 1.165) is 29.8 Å². The summed E-state index contributed by atoms with van der Waals surface area (Å²) in [5, 5.41) is 10.3. The summed E-state index contributed by atoms with van der Waals surface area (Å²) >= 11 is 1.26. The van der Waals surface area contributed by atoms with Crippen LogP contribution >= 0.6 is 11.8 Å². The molecular weight excluding hydrogens is 414 g/mol. The third-order valence-corrected chi connectivity index (χ3v) is 6.36. The van der Waals surface area contributed by atoms with Gasteiger partial charge in [-0.2, -0.15) is 0 Å². The molecular formula is C23H25N3O4S. The fraction of sp³-hybridized carbons (Fsp3) is 0.348. The van der Waals surface area contributed by atoms with Crippen LogP contribution in [0.4, 0.5) is 5.69 Å². The summed E-state index contributed by atoms with van der Waals surface area (Å²) in [6.07, 6.45) is 2.26. The molecule has 31 heavy (non-hydrogen) atoms. The van der Waals surface area contributed by atoms with Crippen molar-refractivity contribution in [2.24, 2.45) is 0 Å². The first kappa shape index (κ1) is 21.4. The van der Waals surface area contributed by atoms with Gasteiger partial charge in [0.05, 0.1) is 23.8 Å². The maximum atomic E-state index is 13.1. The topological polar surface area (TPSA) is 84.7 Å². The summed E-state index contributed by atoms with van der Waals surface area (Å²) < 4.78 is 6.87. The maximum absolute atomic E-state index is 13.1. The minimum Gasteiger partial charge on any atom is -0.497 e. The van der Waals surface area contributed by atoms with Crippen LogP contribution in [-0.2, 0) is 17.8 Å². The van der Waals surface area contributed by atoms with Crippen molar-refractivity contribution in [1.29, 1.82) is 0 Å². The number of thioether (sulfide) groups is 1. The van der Waals surface area contributed by atoms with Crippen LogP contribution in [0.1, 0.15) is 18.4 Å². The molecule has 1 aliphatic heterocycles. The number of aryl methyl sites for hydroxylation is 1. The van der Waals surface area contributed by atoms with Crippen molar-refractivity contribution in [2.75, 3.05) is 30.9 Å². The molecule has 0 fully saturated rings. The highest BCUT2D eigenvalue weighted by Gasteiger charge is 2.23. The molecule has 0 saturated carbocycles. The second-order valence-corrected chi connectivity index (χ2v) is 8.32. The van der Waals surface area contributed by atoms with Gasteiger partial charge in [-0.3, -0.25) is 14.2 Å². The lowest BCUT2D eigenvalue weighted by Crippen LogP contribution is -2.37. The smallest absolute Gasteiger partial charge is 0.262 e. The van der Waals surface area contributed by atoms with Crippen LogP contribution in [0.5, 0.6) is 5.75 Å². The third kappa shape index (κ3) is 4.45. The molecule has 1 aromatic heterocycles. The molecule has 2 heterocycles. The highest BCUT2D eigenvalue weighted by Crippen LogP contribution is 2.31. The molecule has 0 atom stereocenters. The summed E-state index contributed by atoms with van der Waals surface area (Å²) in [6.45, 7) is 1.01. The normalized spacial score (nSPS) is 13.3. The van der Waals surface area contributed by atoms with E-state index in [9.17, 15) is 14.7 Å². The molecule has 162 valence electrons. The van der Waals surface area contributed by atoms with Crippen LogP contribution < -0.4 is 15.2 Å². The number of benzene rings is 2. The number of aliphatic hydroxyl groups is 1. The van der Waals surface area contributed by atoms with Gasteiger partial charge in [0, 0.05) is 25.4 Å². The number of aliphatic hydroxyl groups excluding tert-OH is 1. The Labute approximate surface area is 184 Å². The average molecular weight is 440 g/mol. The Morgan fingerprint density at radius 2 is 2.10 bits per heavy atom. The van der Waals surface area contributed by atoms with Gasteiger partial charge >= 0.3 is 0 Å². The van der Waals surface area contributed by atoms with E-state index in [-0.39, 0.29) is 23.8 Å². The lowest BCUT2D eigenvalue weighted by atomic mass is 10.0. The number of fused-ring (bicyclic) bond motifs is 2. The van der Waals surface area contributed by atoms with Crippen LogP contribution in [0, 0.1) is 0 Å². The van der Waals surface area contributed by atoms with Crippen molar-refractivity contribution in [1.82, 2.24) is 9.55 Å². The molecule has 0 bridgehead atoms. The fourth-order valence-corrected chi connectivity index (χ4v) is 4.75. The minimum atomic E-state index is -0.149. The van der Waals surface area contributed by atoms with Crippen molar-refractivity contribution in [3.63, 3.8) is 0 Å². The number of aromatic nitrogens is 2. The monoisotopic (exact) mass is 439 g/mol. The lowest BCUT2D eigenvalue weighted by Gasteiger charge is -2.29. The summed E-state index contributed by atoms with van der Waals surface area (Å²) in [5.41, 5.74) is 2.48. The predicted octanol–water partition coefficient (Wildman–Crippen LogP) is 2.86. The summed E-state index contributed by atoms with van der Waals surface area (Å²) in [4.78, 5) is 32.5. The number of nitrogens with zero attached hydrogens (tertiary/aromatic N) is 3. The number of rotatable bonds is 7. The largest absolute Gasteiger partial charge is 0.497 e. The Hall–Kier alpha value is -2.84. The molecule has 0 aliphatic carbocycles. The van der Waals surface area contributed by atoms with Gasteiger partial charge in [0.1, 0.15) is 5.75 Å². The van der Waals surface area contributed by atoms with E-state index >= 15 is 0 Å². The number of ether oxygens (including phenoxy) is 1. The first-order valence-electron chi connectivity index (χ1n) is 10.3. The Balaban J connectivity index is 1.58. The standard InChI is InChI=1S/C23H25N3O4S/c1-30-17-9-10-20-16(14-17)6-4-11-25(20)21(28)15-31-23-24-19-8-3-2-7-18(19)22(29)26(23)12-5-13-27/h2-3,7-10,14,27H,4-6,11-13,15H2,1H3. The van der Waals surface area contributed by atoms with Gasteiger partial charge < -0.3 is 14.7 Å². The molecule has 0 radical (unpaired) electrons. The fourth-order valence-electron chi connectivity index (χ4n) is 3.85. The summed E-state index contributed by atoms with van der Waals surface area (Å²) in [5.74, 6) is 0.943. The maximum Gasteiger partial charge on any atom is 0.262 e. The van der Waals surface area contributed by atoms with Crippen molar-refractivity contribution in [3.05, 3.63) is 58.4 Å². The average Bonchev–Trinajstić information content (AvgIpc) is 2.81. The molecule has 1 N–H and O–H groups in total. The Kier molecular flexibility index (Phi) is 6.58. The molecule has 0 unspecified atom stereocenters. The second-order valence-electron chi connectivity index (χ2n) is 7.38. The van der Waals surface area contributed by atoms with Gasteiger partial charge in [0.25, 0.3) is 5.56 Å². The molecule has 7 nitrogen and oxygen atoms in total. The zero-order chi connectivity index (χ0) is 21.8. The van der Waals surface area contributed by atoms with Crippen molar-refractivity contribution >= 4 is 34.3 Å². The van der Waals surface area contributed by atoms with E-state index in [2.05, 4.69) is 4.98 Å². The number of amides is 1. The number of hydrogen-bond acceptors (Lipinski definition) is 6. The van der Waals surface area contributed by atoms with E-state index in [1.165, 1.54) is 11.8 Å². The molecule has 2 aromatic carbocycles. The van der Waals surface area contributed by atoms with Crippen LogP contribution in [-0.4, -0.2) is 46.6 Å². The number of carbonyl (C=O) groups is 1. The van der Waals surface area contributed by atoms with Crippen molar-refractivity contribution < 1.29 is 14.6 Å². The number of methoxy groups -OCH3 is 1. The summed E-state index contributed by atoms with van der Waals surface area (Å²) in [6, 6.07) is 13.0. The number of carbonyl (C=O) groups excluding carboxylic acids is 1. The number of hydrogen-bond donors (Lipinski definition) is 1. The molecule has 8 heteroatoms. The Morgan fingerprint density at radius 1 is 1.26 bits per heavy atom. The molecule has 0 saturated heterocycles.